The third-order valence-corrected chi connectivity index (χ3v) is 4.15. The first-order valence-electron chi connectivity index (χ1n) is 8.09. The largest absolute Gasteiger partial charge is 0.451 e. The third-order valence-electron chi connectivity index (χ3n) is 4.15. The molecule has 0 aliphatic carbocycles. The number of anilines is 1. The van der Waals surface area contributed by atoms with Crippen LogP contribution in [-0.4, -0.2) is 10.8 Å². The van der Waals surface area contributed by atoms with Crippen molar-refractivity contribution in [2.75, 3.05) is 5.32 Å². The van der Waals surface area contributed by atoms with Crippen LogP contribution in [0, 0.1) is 30.9 Å². The molecular formula is C20H18N2O4. The molecule has 2 aromatic carbocycles. The molecule has 3 aromatic rings. The standard InChI is InChI=1S/C20H18N2O4/c1-12-4-7-17(14(3)10-12)21-20(23)19-9-8-18(26-19)16-6-5-15(22(24)25)11-13(16)2/h4-11H,1-3H3,(H,21,23). The molecular weight excluding hydrogens is 332 g/mol. The average molecular weight is 350 g/mol. The van der Waals surface area contributed by atoms with Gasteiger partial charge in [0, 0.05) is 23.4 Å². The molecule has 6 nitrogen and oxygen atoms in total. The minimum Gasteiger partial charge on any atom is -0.451 e. The quantitative estimate of drug-likeness (QED) is 0.528. The Morgan fingerprint density at radius 3 is 2.42 bits per heavy atom. The Morgan fingerprint density at radius 1 is 1.00 bits per heavy atom. The lowest BCUT2D eigenvalue weighted by molar-refractivity contribution is -0.384. The van der Waals surface area contributed by atoms with Crippen LogP contribution in [0.5, 0.6) is 0 Å². The van der Waals surface area contributed by atoms with Crippen molar-refractivity contribution < 1.29 is 14.1 Å². The van der Waals surface area contributed by atoms with Gasteiger partial charge in [0.2, 0.25) is 0 Å². The number of hydrogen-bond donors (Lipinski definition) is 1. The van der Waals surface area contributed by atoms with Crippen molar-refractivity contribution in [1.29, 1.82) is 0 Å². The van der Waals surface area contributed by atoms with E-state index in [-0.39, 0.29) is 17.4 Å². The van der Waals surface area contributed by atoms with E-state index in [0.717, 1.165) is 16.8 Å². The van der Waals surface area contributed by atoms with Crippen LogP contribution in [0.4, 0.5) is 11.4 Å². The predicted molar refractivity (Wildman–Crippen MR) is 99.4 cm³/mol. The Labute approximate surface area is 150 Å². The highest BCUT2D eigenvalue weighted by atomic mass is 16.6. The van der Waals surface area contributed by atoms with E-state index in [1.54, 1.807) is 25.1 Å². The second kappa shape index (κ2) is 6.84. The van der Waals surface area contributed by atoms with Crippen molar-refractivity contribution in [2.24, 2.45) is 0 Å². The summed E-state index contributed by atoms with van der Waals surface area (Å²) in [4.78, 5) is 22.8. The lowest BCUT2D eigenvalue weighted by Gasteiger charge is -2.08. The van der Waals surface area contributed by atoms with Crippen molar-refractivity contribution in [3.05, 3.63) is 81.1 Å². The van der Waals surface area contributed by atoms with E-state index in [0.29, 0.717) is 16.9 Å². The summed E-state index contributed by atoms with van der Waals surface area (Å²) in [7, 11) is 0. The summed E-state index contributed by atoms with van der Waals surface area (Å²) in [6.45, 7) is 5.68. The first-order valence-corrected chi connectivity index (χ1v) is 8.09. The number of non-ortho nitro benzene ring substituents is 1. The number of benzene rings is 2. The van der Waals surface area contributed by atoms with Gasteiger partial charge in [-0.2, -0.15) is 0 Å². The van der Waals surface area contributed by atoms with E-state index in [4.69, 9.17) is 4.42 Å². The number of carbonyl (C=O) groups is 1. The van der Waals surface area contributed by atoms with E-state index >= 15 is 0 Å². The van der Waals surface area contributed by atoms with Gasteiger partial charge in [-0.3, -0.25) is 14.9 Å². The molecule has 1 heterocycles. The minimum absolute atomic E-state index is 0.0191. The molecule has 6 heteroatoms. The highest BCUT2D eigenvalue weighted by Crippen LogP contribution is 2.29. The normalized spacial score (nSPS) is 10.6. The number of amides is 1. The fourth-order valence-corrected chi connectivity index (χ4v) is 2.78. The second-order valence-electron chi connectivity index (χ2n) is 6.19. The van der Waals surface area contributed by atoms with E-state index in [2.05, 4.69) is 5.32 Å². The predicted octanol–water partition coefficient (Wildman–Crippen LogP) is 5.03. The van der Waals surface area contributed by atoms with Crippen molar-refractivity contribution in [2.45, 2.75) is 20.8 Å². The smallest absolute Gasteiger partial charge is 0.291 e. The number of nitrogens with zero attached hydrogens (tertiary/aromatic N) is 1. The molecule has 1 aromatic heterocycles. The number of carbonyl (C=O) groups excluding carboxylic acids is 1. The summed E-state index contributed by atoms with van der Waals surface area (Å²) < 4.78 is 5.67. The van der Waals surface area contributed by atoms with Gasteiger partial charge in [-0.1, -0.05) is 17.7 Å². The Hall–Kier alpha value is -3.41. The lowest BCUT2D eigenvalue weighted by Crippen LogP contribution is -2.11. The van der Waals surface area contributed by atoms with Crippen molar-refractivity contribution in [1.82, 2.24) is 0 Å². The van der Waals surface area contributed by atoms with E-state index in [1.165, 1.54) is 12.1 Å². The summed E-state index contributed by atoms with van der Waals surface area (Å²) in [5.74, 6) is 0.323. The molecule has 1 amide bonds. The number of rotatable bonds is 4. The molecule has 0 saturated heterocycles. The zero-order valence-corrected chi connectivity index (χ0v) is 14.7. The maximum atomic E-state index is 12.4. The van der Waals surface area contributed by atoms with Crippen LogP contribution >= 0.6 is 0 Å². The molecule has 0 aliphatic heterocycles. The van der Waals surface area contributed by atoms with Crippen LogP contribution in [0.15, 0.2) is 52.9 Å². The number of aryl methyl sites for hydroxylation is 3. The van der Waals surface area contributed by atoms with Crippen LogP contribution in [0.1, 0.15) is 27.2 Å². The number of hydrogen-bond acceptors (Lipinski definition) is 4. The zero-order chi connectivity index (χ0) is 18.8. The molecule has 0 atom stereocenters. The average Bonchev–Trinajstić information content (AvgIpc) is 3.07. The Morgan fingerprint density at radius 2 is 1.77 bits per heavy atom. The summed E-state index contributed by atoms with van der Waals surface area (Å²) >= 11 is 0. The van der Waals surface area contributed by atoms with Crippen LogP contribution in [0.2, 0.25) is 0 Å². The summed E-state index contributed by atoms with van der Waals surface area (Å²) in [5, 5.41) is 13.7. The molecule has 1 N–H and O–H groups in total. The summed E-state index contributed by atoms with van der Waals surface area (Å²) in [5.41, 5.74) is 4.25. The van der Waals surface area contributed by atoms with Crippen LogP contribution < -0.4 is 5.32 Å². The molecule has 132 valence electrons. The first kappa shape index (κ1) is 17.4. The number of nitro groups is 1. The highest BCUT2D eigenvalue weighted by Gasteiger charge is 2.16. The molecule has 0 radical (unpaired) electrons. The lowest BCUT2D eigenvalue weighted by atomic mass is 10.1. The van der Waals surface area contributed by atoms with Gasteiger partial charge in [0.1, 0.15) is 5.76 Å². The molecule has 0 unspecified atom stereocenters. The first-order chi connectivity index (χ1) is 12.3. The van der Waals surface area contributed by atoms with E-state index in [1.807, 2.05) is 32.0 Å². The maximum absolute atomic E-state index is 12.4. The van der Waals surface area contributed by atoms with Gasteiger partial charge in [0.05, 0.1) is 4.92 Å². The molecule has 0 spiro atoms. The molecule has 26 heavy (non-hydrogen) atoms. The number of furan rings is 1. The van der Waals surface area contributed by atoms with Gasteiger partial charge < -0.3 is 9.73 Å². The fourth-order valence-electron chi connectivity index (χ4n) is 2.78. The Balaban J connectivity index is 1.83. The number of nitro benzene ring substituents is 1. The van der Waals surface area contributed by atoms with Gasteiger partial charge in [0.15, 0.2) is 5.76 Å². The topological polar surface area (TPSA) is 85.4 Å². The zero-order valence-electron chi connectivity index (χ0n) is 14.7. The summed E-state index contributed by atoms with van der Waals surface area (Å²) in [6.07, 6.45) is 0. The van der Waals surface area contributed by atoms with E-state index in [9.17, 15) is 14.9 Å². The maximum Gasteiger partial charge on any atom is 0.291 e. The fraction of sp³-hybridized carbons (Fsp3) is 0.150. The second-order valence-corrected chi connectivity index (χ2v) is 6.19. The van der Waals surface area contributed by atoms with Gasteiger partial charge in [-0.25, -0.2) is 0 Å². The monoisotopic (exact) mass is 350 g/mol. The van der Waals surface area contributed by atoms with Crippen LogP contribution in [0.3, 0.4) is 0 Å². The van der Waals surface area contributed by atoms with Gasteiger partial charge in [-0.05, 0) is 56.2 Å². The van der Waals surface area contributed by atoms with Crippen molar-refractivity contribution >= 4 is 17.3 Å². The Kier molecular flexibility index (Phi) is 4.58. The van der Waals surface area contributed by atoms with Crippen molar-refractivity contribution in [3.63, 3.8) is 0 Å². The third kappa shape index (κ3) is 3.49. The molecule has 3 rings (SSSR count). The molecule has 0 fully saturated rings. The minimum atomic E-state index is -0.443. The Bertz CT molecular complexity index is 1000. The molecule has 0 aliphatic rings. The van der Waals surface area contributed by atoms with E-state index < -0.39 is 4.92 Å². The van der Waals surface area contributed by atoms with Crippen LogP contribution in [-0.2, 0) is 0 Å². The van der Waals surface area contributed by atoms with Gasteiger partial charge in [0.25, 0.3) is 11.6 Å². The van der Waals surface area contributed by atoms with Crippen LogP contribution in [0.25, 0.3) is 11.3 Å². The highest BCUT2D eigenvalue weighted by molar-refractivity contribution is 6.03. The number of nitrogens with one attached hydrogen (secondary N) is 1. The van der Waals surface area contributed by atoms with Gasteiger partial charge in [-0.15, -0.1) is 0 Å². The SMILES string of the molecule is Cc1ccc(NC(=O)c2ccc(-c3ccc([N+](=O)[O-])cc3C)o2)c(C)c1. The van der Waals surface area contributed by atoms with Gasteiger partial charge >= 0.3 is 0 Å². The molecule has 0 bridgehead atoms. The summed E-state index contributed by atoms with van der Waals surface area (Å²) in [6, 6.07) is 13.6. The molecule has 0 saturated carbocycles. The van der Waals surface area contributed by atoms with Crippen molar-refractivity contribution in [3.8, 4) is 11.3 Å².